The van der Waals surface area contributed by atoms with E-state index in [0.29, 0.717) is 11.1 Å². The number of rotatable bonds is 14. The van der Waals surface area contributed by atoms with E-state index in [-0.39, 0.29) is 24.3 Å². The number of carbonyl (C=O) groups excluding carboxylic acids is 5. The van der Waals surface area contributed by atoms with Crippen LogP contribution in [0.1, 0.15) is 31.9 Å². The maximum Gasteiger partial charge on any atom is 0.326 e. The molecule has 4 atom stereocenters. The molecule has 0 saturated carbocycles. The fraction of sp³-hybridized carbons (Fsp3) is 0.357. The van der Waals surface area contributed by atoms with Gasteiger partial charge in [-0.05, 0) is 49.2 Å². The van der Waals surface area contributed by atoms with Gasteiger partial charge >= 0.3 is 5.97 Å². The first-order valence-electron chi connectivity index (χ1n) is 13.0. The van der Waals surface area contributed by atoms with E-state index >= 15 is 0 Å². The lowest BCUT2D eigenvalue weighted by molar-refractivity contribution is -0.141. The maximum absolute atomic E-state index is 12.8. The van der Waals surface area contributed by atoms with Gasteiger partial charge in [0.05, 0.1) is 6.54 Å². The van der Waals surface area contributed by atoms with Crippen molar-refractivity contribution in [1.82, 2.24) is 26.6 Å². The molecule has 0 aliphatic rings. The molecule has 0 aliphatic carbocycles. The summed E-state index contributed by atoms with van der Waals surface area (Å²) < 4.78 is 0. The largest absolute Gasteiger partial charge is 0.508 e. The monoisotopic (exact) mass is 585 g/mol. The summed E-state index contributed by atoms with van der Waals surface area (Å²) >= 11 is 0. The highest BCUT2D eigenvalue weighted by Crippen LogP contribution is 2.12. The molecule has 0 spiro atoms. The van der Waals surface area contributed by atoms with Gasteiger partial charge in [0, 0.05) is 19.8 Å². The van der Waals surface area contributed by atoms with Gasteiger partial charge in [0.25, 0.3) is 0 Å². The van der Waals surface area contributed by atoms with Gasteiger partial charge in [-0.1, -0.05) is 24.3 Å². The maximum atomic E-state index is 12.8. The molecule has 8 N–H and O–H groups in total. The van der Waals surface area contributed by atoms with Crippen LogP contribution in [0.4, 0.5) is 0 Å². The van der Waals surface area contributed by atoms with Crippen LogP contribution >= 0.6 is 0 Å². The fourth-order valence-corrected chi connectivity index (χ4v) is 3.74. The highest BCUT2D eigenvalue weighted by atomic mass is 16.4. The zero-order valence-electron chi connectivity index (χ0n) is 23.3. The molecule has 0 heterocycles. The normalized spacial score (nSPS) is 13.4. The standard InChI is InChI=1S/C28H35N5O9/c1-15(25(38)29-14-24(37)33-23(28(41)42)13-19-6-10-21(36)11-7-19)30-26(39)16(2)31-27(40)22(32-17(3)34)12-18-4-8-20(35)9-5-18/h4-11,15-16,22-23,35-36H,12-14H2,1-3H3,(H,29,38)(H,30,39)(H,31,40)(H,32,34)(H,33,37)(H,41,42)/t15-,16-,22-,23-/m0/s1. The molecule has 14 nitrogen and oxygen atoms in total. The summed E-state index contributed by atoms with van der Waals surface area (Å²) in [7, 11) is 0. The lowest BCUT2D eigenvalue weighted by atomic mass is 10.0. The number of phenolic OH excluding ortho intramolecular Hbond substituents is 2. The van der Waals surface area contributed by atoms with Crippen LogP contribution in [0.2, 0.25) is 0 Å². The first-order valence-corrected chi connectivity index (χ1v) is 13.0. The Morgan fingerprint density at radius 2 is 1.10 bits per heavy atom. The van der Waals surface area contributed by atoms with Gasteiger partial charge in [0.2, 0.25) is 29.5 Å². The van der Waals surface area contributed by atoms with E-state index in [2.05, 4.69) is 26.6 Å². The molecule has 2 aromatic rings. The molecule has 0 aromatic heterocycles. The van der Waals surface area contributed by atoms with E-state index < -0.39 is 66.2 Å². The summed E-state index contributed by atoms with van der Waals surface area (Å²) in [5, 5.41) is 40.2. The summed E-state index contributed by atoms with van der Waals surface area (Å²) in [5.74, 6) is -4.55. The molecule has 0 saturated heterocycles. The van der Waals surface area contributed by atoms with Crippen molar-refractivity contribution in [3.8, 4) is 11.5 Å². The number of carbonyl (C=O) groups is 6. The van der Waals surface area contributed by atoms with E-state index in [4.69, 9.17) is 0 Å². The van der Waals surface area contributed by atoms with Crippen LogP contribution in [0, 0.1) is 0 Å². The van der Waals surface area contributed by atoms with Gasteiger partial charge in [0.1, 0.15) is 35.7 Å². The van der Waals surface area contributed by atoms with Crippen molar-refractivity contribution in [1.29, 1.82) is 0 Å². The smallest absolute Gasteiger partial charge is 0.326 e. The second kappa shape index (κ2) is 15.6. The minimum absolute atomic E-state index is 0.00940. The van der Waals surface area contributed by atoms with Crippen molar-refractivity contribution in [3.63, 3.8) is 0 Å². The summed E-state index contributed by atoms with van der Waals surface area (Å²) in [6, 6.07) is 7.36. The first-order chi connectivity index (χ1) is 19.7. The topological polar surface area (TPSA) is 223 Å². The van der Waals surface area contributed by atoms with Crippen LogP contribution in [0.3, 0.4) is 0 Å². The van der Waals surface area contributed by atoms with Crippen LogP contribution < -0.4 is 26.6 Å². The van der Waals surface area contributed by atoms with Crippen LogP contribution in [0.25, 0.3) is 0 Å². The summed E-state index contributed by atoms with van der Waals surface area (Å²) in [6.07, 6.45) is 0.0433. The Morgan fingerprint density at radius 3 is 1.57 bits per heavy atom. The molecule has 5 amide bonds. The molecule has 2 aromatic carbocycles. The third-order valence-corrected chi connectivity index (χ3v) is 6.01. The van der Waals surface area contributed by atoms with Crippen molar-refractivity contribution in [2.75, 3.05) is 6.54 Å². The van der Waals surface area contributed by atoms with Crippen molar-refractivity contribution in [2.45, 2.75) is 57.8 Å². The van der Waals surface area contributed by atoms with Crippen LogP contribution in [-0.4, -0.2) is 81.5 Å². The summed E-state index contributed by atoms with van der Waals surface area (Å²) in [5.41, 5.74) is 1.22. The third-order valence-electron chi connectivity index (χ3n) is 6.01. The van der Waals surface area contributed by atoms with Crippen LogP contribution in [0.5, 0.6) is 11.5 Å². The molecule has 2 rings (SSSR count). The predicted molar refractivity (Wildman–Crippen MR) is 149 cm³/mol. The quantitative estimate of drug-likeness (QED) is 0.137. The van der Waals surface area contributed by atoms with E-state index in [9.17, 15) is 44.1 Å². The zero-order valence-corrected chi connectivity index (χ0v) is 23.3. The molecular weight excluding hydrogens is 550 g/mol. The van der Waals surface area contributed by atoms with Crippen molar-refractivity contribution in [2.24, 2.45) is 0 Å². The number of phenols is 2. The zero-order chi connectivity index (χ0) is 31.4. The minimum Gasteiger partial charge on any atom is -0.508 e. The number of carboxylic acids is 1. The highest BCUT2D eigenvalue weighted by molar-refractivity contribution is 5.95. The minimum atomic E-state index is -1.29. The number of nitrogens with one attached hydrogen (secondary N) is 5. The predicted octanol–water partition coefficient (Wildman–Crippen LogP) is -0.917. The van der Waals surface area contributed by atoms with Gasteiger partial charge in [-0.15, -0.1) is 0 Å². The van der Waals surface area contributed by atoms with Gasteiger partial charge in [-0.3, -0.25) is 24.0 Å². The molecule has 0 radical (unpaired) electrons. The van der Waals surface area contributed by atoms with Crippen molar-refractivity contribution in [3.05, 3.63) is 59.7 Å². The Hall–Kier alpha value is -5.14. The van der Waals surface area contributed by atoms with Crippen LogP contribution in [-0.2, 0) is 41.6 Å². The molecule has 226 valence electrons. The van der Waals surface area contributed by atoms with Crippen LogP contribution in [0.15, 0.2) is 48.5 Å². The number of hydrogen-bond acceptors (Lipinski definition) is 8. The second-order valence-electron chi connectivity index (χ2n) is 9.63. The first kappa shape index (κ1) is 33.1. The van der Waals surface area contributed by atoms with Gasteiger partial charge in [-0.25, -0.2) is 4.79 Å². The fourth-order valence-electron chi connectivity index (χ4n) is 3.74. The molecular formula is C28H35N5O9. The summed E-state index contributed by atoms with van der Waals surface area (Å²) in [6.45, 7) is 3.43. The average molecular weight is 586 g/mol. The number of aliphatic carboxylic acids is 1. The Morgan fingerprint density at radius 1 is 0.643 bits per heavy atom. The van der Waals surface area contributed by atoms with E-state index in [0.717, 1.165) is 0 Å². The lowest BCUT2D eigenvalue weighted by Crippen LogP contribution is -2.56. The third kappa shape index (κ3) is 11.2. The van der Waals surface area contributed by atoms with E-state index in [1.165, 1.54) is 57.2 Å². The van der Waals surface area contributed by atoms with Gasteiger partial charge in [-0.2, -0.15) is 0 Å². The SMILES string of the molecule is CC(=O)N[C@@H](Cc1ccc(O)cc1)C(=O)N[C@@H](C)C(=O)N[C@@H](C)C(=O)NCC(=O)N[C@@H](Cc1ccc(O)cc1)C(=O)O. The lowest BCUT2D eigenvalue weighted by Gasteiger charge is -2.22. The Kier molecular flexibility index (Phi) is 12.3. The van der Waals surface area contributed by atoms with E-state index in [1.807, 2.05) is 0 Å². The average Bonchev–Trinajstić information content (AvgIpc) is 2.92. The number of carboxylic acid groups (broad SMARTS) is 1. The van der Waals surface area contributed by atoms with Gasteiger partial charge in [0.15, 0.2) is 0 Å². The Bertz CT molecular complexity index is 1280. The van der Waals surface area contributed by atoms with Crippen molar-refractivity contribution >= 4 is 35.5 Å². The molecule has 0 aliphatic heterocycles. The molecule has 0 fully saturated rings. The number of benzene rings is 2. The van der Waals surface area contributed by atoms with Gasteiger partial charge < -0.3 is 41.9 Å². The van der Waals surface area contributed by atoms with Crippen molar-refractivity contribution < 1.29 is 44.1 Å². The highest BCUT2D eigenvalue weighted by Gasteiger charge is 2.26. The Balaban J connectivity index is 1.85. The molecule has 0 unspecified atom stereocenters. The molecule has 0 bridgehead atoms. The molecule has 42 heavy (non-hydrogen) atoms. The van der Waals surface area contributed by atoms with E-state index in [1.54, 1.807) is 12.1 Å². The Labute approximate surface area is 241 Å². The number of hydrogen-bond donors (Lipinski definition) is 8. The number of amides is 5. The number of aromatic hydroxyl groups is 2. The molecule has 14 heteroatoms. The second-order valence-corrected chi connectivity index (χ2v) is 9.63. The summed E-state index contributed by atoms with van der Waals surface area (Å²) in [4.78, 5) is 73.3.